The van der Waals surface area contributed by atoms with E-state index in [9.17, 15) is 4.79 Å². The number of carbonyl (C=O) groups is 1. The number of aryl methyl sites for hydroxylation is 2. The van der Waals surface area contributed by atoms with Crippen LogP contribution in [0, 0.1) is 0 Å². The number of alkyl halides is 2. The molecule has 1 N–H and O–H groups in total. The molecule has 19 heavy (non-hydrogen) atoms. The van der Waals surface area contributed by atoms with Gasteiger partial charge in [-0.3, -0.25) is 4.79 Å². The molecular formula is C14H19Cl2NOS. The molecule has 0 aliphatic heterocycles. The van der Waals surface area contributed by atoms with Gasteiger partial charge in [0.25, 0.3) is 5.91 Å². The van der Waals surface area contributed by atoms with Crippen molar-refractivity contribution in [1.29, 1.82) is 0 Å². The number of nitrogens with one attached hydrogen (secondary N) is 1. The third kappa shape index (κ3) is 3.26. The second kappa shape index (κ2) is 6.47. The van der Waals surface area contributed by atoms with Gasteiger partial charge in [0.1, 0.15) is 0 Å². The first-order valence-electron chi connectivity index (χ1n) is 6.70. The Morgan fingerprint density at radius 3 is 2.63 bits per heavy atom. The highest BCUT2D eigenvalue weighted by Crippen LogP contribution is 2.30. The number of halogens is 2. The van der Waals surface area contributed by atoms with E-state index in [1.165, 1.54) is 23.3 Å². The lowest BCUT2D eigenvalue weighted by Gasteiger charge is -2.29. The zero-order valence-corrected chi connectivity index (χ0v) is 13.4. The van der Waals surface area contributed by atoms with E-state index in [-0.39, 0.29) is 5.91 Å². The Bertz CT molecular complexity index is 423. The monoisotopic (exact) mass is 319 g/mol. The molecule has 0 saturated heterocycles. The summed E-state index contributed by atoms with van der Waals surface area (Å²) in [5.74, 6) is 0.635. The molecule has 0 atom stereocenters. The zero-order chi connectivity index (χ0) is 13.9. The number of amides is 1. The SMILES string of the molecule is CCC(CCl)(CCl)NC(=O)c1cc2c(s1)CCCC2. The van der Waals surface area contributed by atoms with Crippen LogP contribution in [0.25, 0.3) is 0 Å². The molecule has 0 spiro atoms. The van der Waals surface area contributed by atoms with Crippen LogP contribution < -0.4 is 5.32 Å². The number of rotatable bonds is 5. The van der Waals surface area contributed by atoms with Gasteiger partial charge in [0.2, 0.25) is 0 Å². The first kappa shape index (κ1) is 15.1. The lowest BCUT2D eigenvalue weighted by molar-refractivity contribution is 0.0917. The highest BCUT2D eigenvalue weighted by Gasteiger charge is 2.29. The fourth-order valence-corrected chi connectivity index (χ4v) is 4.23. The van der Waals surface area contributed by atoms with Crippen LogP contribution in [0.5, 0.6) is 0 Å². The maximum atomic E-state index is 12.3. The van der Waals surface area contributed by atoms with Gasteiger partial charge < -0.3 is 5.32 Å². The molecule has 0 unspecified atom stereocenters. The minimum absolute atomic E-state index is 0.0393. The number of hydrogen-bond donors (Lipinski definition) is 1. The molecule has 0 aromatic carbocycles. The van der Waals surface area contributed by atoms with Crippen molar-refractivity contribution in [2.45, 2.75) is 44.6 Å². The van der Waals surface area contributed by atoms with Gasteiger partial charge in [-0.25, -0.2) is 0 Å². The second-order valence-corrected chi connectivity index (χ2v) is 6.79. The molecule has 1 aliphatic carbocycles. The first-order chi connectivity index (χ1) is 9.14. The van der Waals surface area contributed by atoms with Gasteiger partial charge in [0, 0.05) is 16.6 Å². The smallest absolute Gasteiger partial charge is 0.261 e. The van der Waals surface area contributed by atoms with E-state index in [1.54, 1.807) is 11.3 Å². The summed E-state index contributed by atoms with van der Waals surface area (Å²) in [6.45, 7) is 1.99. The summed E-state index contributed by atoms with van der Waals surface area (Å²) in [6.07, 6.45) is 5.40. The van der Waals surface area contributed by atoms with Crippen molar-refractivity contribution in [2.75, 3.05) is 11.8 Å². The summed E-state index contributed by atoms with van der Waals surface area (Å²) in [5.41, 5.74) is 0.852. The summed E-state index contributed by atoms with van der Waals surface area (Å²) in [4.78, 5) is 14.5. The molecule has 2 rings (SSSR count). The Morgan fingerprint density at radius 1 is 1.37 bits per heavy atom. The van der Waals surface area contributed by atoms with E-state index < -0.39 is 5.54 Å². The van der Waals surface area contributed by atoms with Crippen molar-refractivity contribution < 1.29 is 4.79 Å². The van der Waals surface area contributed by atoms with Gasteiger partial charge in [0.05, 0.1) is 10.4 Å². The van der Waals surface area contributed by atoms with E-state index in [4.69, 9.17) is 23.2 Å². The van der Waals surface area contributed by atoms with Crippen molar-refractivity contribution in [3.63, 3.8) is 0 Å². The fraction of sp³-hybridized carbons (Fsp3) is 0.643. The molecule has 0 radical (unpaired) electrons. The van der Waals surface area contributed by atoms with Gasteiger partial charge >= 0.3 is 0 Å². The lowest BCUT2D eigenvalue weighted by Crippen LogP contribution is -2.51. The van der Waals surface area contributed by atoms with Crippen LogP contribution >= 0.6 is 34.5 Å². The van der Waals surface area contributed by atoms with Gasteiger partial charge in [0.15, 0.2) is 0 Å². The largest absolute Gasteiger partial charge is 0.344 e. The number of fused-ring (bicyclic) bond motifs is 1. The molecule has 0 fully saturated rings. The topological polar surface area (TPSA) is 29.1 Å². The minimum atomic E-state index is -0.495. The van der Waals surface area contributed by atoms with E-state index in [0.29, 0.717) is 11.8 Å². The molecular weight excluding hydrogens is 301 g/mol. The summed E-state index contributed by atoms with van der Waals surface area (Å²) in [6, 6.07) is 2.04. The molecule has 2 nitrogen and oxygen atoms in total. The predicted molar refractivity (Wildman–Crippen MR) is 82.9 cm³/mol. The van der Waals surface area contributed by atoms with Gasteiger partial charge in [-0.2, -0.15) is 0 Å². The van der Waals surface area contributed by atoms with Crippen molar-refractivity contribution in [1.82, 2.24) is 5.32 Å². The van der Waals surface area contributed by atoms with Gasteiger partial charge in [-0.15, -0.1) is 34.5 Å². The van der Waals surface area contributed by atoms with Crippen LogP contribution in [0.2, 0.25) is 0 Å². The van der Waals surface area contributed by atoms with Crippen LogP contribution in [0.1, 0.15) is 46.3 Å². The predicted octanol–water partition coefficient (Wildman–Crippen LogP) is 3.98. The number of thiophene rings is 1. The highest BCUT2D eigenvalue weighted by molar-refractivity contribution is 7.14. The fourth-order valence-electron chi connectivity index (χ4n) is 2.28. The Hall–Kier alpha value is -0.250. The van der Waals surface area contributed by atoms with Crippen LogP contribution in [-0.2, 0) is 12.8 Å². The number of hydrogen-bond acceptors (Lipinski definition) is 2. The van der Waals surface area contributed by atoms with Crippen molar-refractivity contribution in [2.24, 2.45) is 0 Å². The normalized spacial score (nSPS) is 15.1. The average molecular weight is 320 g/mol. The van der Waals surface area contributed by atoms with Crippen LogP contribution in [0.4, 0.5) is 0 Å². The van der Waals surface area contributed by atoms with Crippen molar-refractivity contribution >= 4 is 40.4 Å². The van der Waals surface area contributed by atoms with Crippen molar-refractivity contribution in [3.05, 3.63) is 21.4 Å². The average Bonchev–Trinajstić information content (AvgIpc) is 2.89. The molecule has 5 heteroatoms. The zero-order valence-electron chi connectivity index (χ0n) is 11.1. The quantitative estimate of drug-likeness (QED) is 0.817. The van der Waals surface area contributed by atoms with E-state index >= 15 is 0 Å². The maximum absolute atomic E-state index is 12.3. The summed E-state index contributed by atoms with van der Waals surface area (Å²) in [7, 11) is 0. The van der Waals surface area contributed by atoms with Crippen molar-refractivity contribution in [3.8, 4) is 0 Å². The van der Waals surface area contributed by atoms with Gasteiger partial charge in [-0.05, 0) is 43.7 Å². The Labute approximate surface area is 128 Å². The highest BCUT2D eigenvalue weighted by atomic mass is 35.5. The molecule has 106 valence electrons. The summed E-state index contributed by atoms with van der Waals surface area (Å²) in [5, 5.41) is 3.01. The third-order valence-electron chi connectivity index (χ3n) is 3.79. The minimum Gasteiger partial charge on any atom is -0.344 e. The molecule has 1 aromatic heterocycles. The Morgan fingerprint density at radius 2 is 2.05 bits per heavy atom. The summed E-state index contributed by atoms with van der Waals surface area (Å²) >= 11 is 13.5. The maximum Gasteiger partial charge on any atom is 0.261 e. The van der Waals surface area contributed by atoms with E-state index in [0.717, 1.165) is 24.1 Å². The molecule has 0 saturated carbocycles. The van der Waals surface area contributed by atoms with Crippen LogP contribution in [0.3, 0.4) is 0 Å². The van der Waals surface area contributed by atoms with Crippen LogP contribution in [-0.4, -0.2) is 23.2 Å². The van der Waals surface area contributed by atoms with Crippen LogP contribution in [0.15, 0.2) is 6.07 Å². The van der Waals surface area contributed by atoms with Gasteiger partial charge in [-0.1, -0.05) is 6.92 Å². The summed E-state index contributed by atoms with van der Waals surface area (Å²) < 4.78 is 0. The molecule has 0 bridgehead atoms. The third-order valence-corrected chi connectivity index (χ3v) is 6.05. The second-order valence-electron chi connectivity index (χ2n) is 5.12. The molecule has 1 amide bonds. The number of carbonyl (C=O) groups excluding carboxylic acids is 1. The van der Waals surface area contributed by atoms with E-state index in [1.807, 2.05) is 13.0 Å². The Balaban J connectivity index is 2.13. The lowest BCUT2D eigenvalue weighted by atomic mass is 9.99. The first-order valence-corrected chi connectivity index (χ1v) is 8.58. The van der Waals surface area contributed by atoms with E-state index in [2.05, 4.69) is 5.32 Å². The Kier molecular flexibility index (Phi) is 5.15. The molecule has 1 heterocycles. The molecule has 1 aromatic rings. The standard InChI is InChI=1S/C14H19Cl2NOS/c1-2-14(8-15,9-16)17-13(18)12-7-10-5-3-4-6-11(10)19-12/h7H,2-6,8-9H2,1H3,(H,17,18). The molecule has 1 aliphatic rings.